The number of rotatable bonds is 1. The zero-order valence-corrected chi connectivity index (χ0v) is 11.9. The molecule has 0 saturated carbocycles. The van der Waals surface area contributed by atoms with E-state index in [0.717, 1.165) is 37.5 Å². The van der Waals surface area contributed by atoms with Crippen molar-refractivity contribution < 1.29 is 14.6 Å². The van der Waals surface area contributed by atoms with Gasteiger partial charge in [-0.2, -0.15) is 0 Å². The molecule has 2 aliphatic heterocycles. The van der Waals surface area contributed by atoms with Gasteiger partial charge in [-0.05, 0) is 25.5 Å². The molecule has 1 aromatic rings. The first-order chi connectivity index (χ1) is 9.58. The molecule has 2 unspecified atom stereocenters. The molecule has 1 N–H and O–H groups in total. The average molecular weight is 276 g/mol. The molecule has 2 heterocycles. The molecule has 0 aromatic heterocycles. The Balaban J connectivity index is 1.91. The third-order valence-corrected chi connectivity index (χ3v) is 4.05. The summed E-state index contributed by atoms with van der Waals surface area (Å²) in [7, 11) is 1.70. The van der Waals surface area contributed by atoms with E-state index >= 15 is 0 Å². The van der Waals surface area contributed by atoms with Crippen LogP contribution in [-0.4, -0.2) is 43.9 Å². The summed E-state index contributed by atoms with van der Waals surface area (Å²) in [4.78, 5) is 15.6. The molecule has 3 rings (SSSR count). The number of anilines is 2. The van der Waals surface area contributed by atoms with Crippen LogP contribution in [0.3, 0.4) is 0 Å². The fourth-order valence-electron chi connectivity index (χ4n) is 2.91. The highest BCUT2D eigenvalue weighted by Crippen LogP contribution is 2.37. The third-order valence-electron chi connectivity index (χ3n) is 4.05. The number of hydrogen-bond acceptors (Lipinski definition) is 4. The highest BCUT2D eigenvalue weighted by atomic mass is 16.5. The van der Waals surface area contributed by atoms with Crippen molar-refractivity contribution in [3.05, 3.63) is 23.8 Å². The molecular formula is C15H20N2O3. The summed E-state index contributed by atoms with van der Waals surface area (Å²) in [5, 5.41) is 9.88. The van der Waals surface area contributed by atoms with Crippen molar-refractivity contribution in [2.24, 2.45) is 0 Å². The minimum Gasteiger partial charge on any atom is -0.378 e. The standard InChI is InChI=1S/C15H20N2O3/c1-10-9-17(6-3-7-20-10)11-4-5-12-13(8-11)16(2)15(19)14(12)18/h4-5,8,10,14,18H,3,6-7,9H2,1-2H3. The molecule has 0 radical (unpaired) electrons. The van der Waals surface area contributed by atoms with Crippen molar-refractivity contribution in [2.45, 2.75) is 25.6 Å². The van der Waals surface area contributed by atoms with E-state index in [2.05, 4.69) is 11.8 Å². The van der Waals surface area contributed by atoms with Crippen molar-refractivity contribution in [1.82, 2.24) is 0 Å². The molecule has 5 nitrogen and oxygen atoms in total. The topological polar surface area (TPSA) is 53.0 Å². The lowest BCUT2D eigenvalue weighted by Crippen LogP contribution is -2.30. The summed E-state index contributed by atoms with van der Waals surface area (Å²) in [6, 6.07) is 5.82. The highest BCUT2D eigenvalue weighted by molar-refractivity contribution is 6.03. The van der Waals surface area contributed by atoms with Crippen LogP contribution in [0.2, 0.25) is 0 Å². The van der Waals surface area contributed by atoms with Gasteiger partial charge >= 0.3 is 0 Å². The van der Waals surface area contributed by atoms with Crippen LogP contribution in [0.1, 0.15) is 25.0 Å². The average Bonchev–Trinajstić information content (AvgIpc) is 2.64. The number of amides is 1. The van der Waals surface area contributed by atoms with Gasteiger partial charge in [0, 0.05) is 38.0 Å². The minimum atomic E-state index is -1.02. The summed E-state index contributed by atoms with van der Waals surface area (Å²) in [6.45, 7) is 4.66. The van der Waals surface area contributed by atoms with E-state index in [1.165, 1.54) is 4.90 Å². The molecule has 2 aliphatic rings. The summed E-state index contributed by atoms with van der Waals surface area (Å²) in [6.07, 6.45) is 0.185. The second kappa shape index (κ2) is 5.07. The first-order valence-electron chi connectivity index (χ1n) is 7.04. The Morgan fingerprint density at radius 3 is 3.00 bits per heavy atom. The maximum atomic E-state index is 11.8. The van der Waals surface area contributed by atoms with Crippen molar-refractivity contribution >= 4 is 17.3 Å². The second-order valence-corrected chi connectivity index (χ2v) is 5.52. The Bertz CT molecular complexity index is 532. The van der Waals surface area contributed by atoms with Crippen molar-refractivity contribution in [2.75, 3.05) is 36.5 Å². The van der Waals surface area contributed by atoms with Crippen LogP contribution in [0.5, 0.6) is 0 Å². The summed E-state index contributed by atoms with van der Waals surface area (Å²) in [5.74, 6) is -0.260. The minimum absolute atomic E-state index is 0.204. The van der Waals surface area contributed by atoms with E-state index in [9.17, 15) is 9.90 Å². The highest BCUT2D eigenvalue weighted by Gasteiger charge is 2.34. The fourth-order valence-corrected chi connectivity index (χ4v) is 2.91. The number of likely N-dealkylation sites (N-methyl/N-ethyl adjacent to an activating group) is 1. The van der Waals surface area contributed by atoms with Crippen molar-refractivity contribution in [3.8, 4) is 0 Å². The fraction of sp³-hybridized carbons (Fsp3) is 0.533. The molecule has 1 amide bonds. The molecule has 5 heteroatoms. The quantitative estimate of drug-likeness (QED) is 0.840. The van der Waals surface area contributed by atoms with Crippen LogP contribution in [0.25, 0.3) is 0 Å². The van der Waals surface area contributed by atoms with E-state index in [4.69, 9.17) is 4.74 Å². The van der Waals surface area contributed by atoms with E-state index in [0.29, 0.717) is 5.56 Å². The van der Waals surface area contributed by atoms with Crippen LogP contribution in [0, 0.1) is 0 Å². The molecule has 2 atom stereocenters. The number of nitrogens with zero attached hydrogens (tertiary/aromatic N) is 2. The molecule has 1 aromatic carbocycles. The van der Waals surface area contributed by atoms with E-state index < -0.39 is 6.10 Å². The maximum Gasteiger partial charge on any atom is 0.260 e. The third kappa shape index (κ3) is 2.17. The van der Waals surface area contributed by atoms with Gasteiger partial charge in [0.05, 0.1) is 11.8 Å². The number of hydrogen-bond donors (Lipinski definition) is 1. The van der Waals surface area contributed by atoms with Crippen LogP contribution in [0.15, 0.2) is 18.2 Å². The van der Waals surface area contributed by atoms with Gasteiger partial charge in [-0.15, -0.1) is 0 Å². The van der Waals surface area contributed by atoms with E-state index in [1.54, 1.807) is 7.05 Å². The normalized spacial score (nSPS) is 26.6. The second-order valence-electron chi connectivity index (χ2n) is 5.52. The molecule has 108 valence electrons. The van der Waals surface area contributed by atoms with E-state index in [-0.39, 0.29) is 12.0 Å². The monoisotopic (exact) mass is 276 g/mol. The lowest BCUT2D eigenvalue weighted by Gasteiger charge is -2.25. The largest absolute Gasteiger partial charge is 0.378 e. The zero-order chi connectivity index (χ0) is 14.3. The van der Waals surface area contributed by atoms with Gasteiger partial charge in [-0.3, -0.25) is 4.79 Å². The van der Waals surface area contributed by atoms with E-state index in [1.807, 2.05) is 18.2 Å². The Hall–Kier alpha value is -1.59. The number of carbonyl (C=O) groups is 1. The van der Waals surface area contributed by atoms with Crippen LogP contribution < -0.4 is 9.80 Å². The Kier molecular flexibility index (Phi) is 3.40. The molecule has 20 heavy (non-hydrogen) atoms. The van der Waals surface area contributed by atoms with Crippen molar-refractivity contribution in [3.63, 3.8) is 0 Å². The molecule has 1 saturated heterocycles. The molecule has 0 aliphatic carbocycles. The van der Waals surface area contributed by atoms with Crippen molar-refractivity contribution in [1.29, 1.82) is 0 Å². The number of ether oxygens (including phenoxy) is 1. The number of aliphatic hydroxyl groups excluding tert-OH is 1. The van der Waals surface area contributed by atoms with Gasteiger partial charge in [-0.1, -0.05) is 6.07 Å². The van der Waals surface area contributed by atoms with Gasteiger partial charge in [-0.25, -0.2) is 0 Å². The van der Waals surface area contributed by atoms with Gasteiger partial charge in [0.2, 0.25) is 0 Å². The Morgan fingerprint density at radius 2 is 2.20 bits per heavy atom. The maximum absolute atomic E-state index is 11.8. The first kappa shape index (κ1) is 13.4. The zero-order valence-electron chi connectivity index (χ0n) is 11.9. The van der Waals surface area contributed by atoms with Gasteiger partial charge in [0.15, 0.2) is 6.10 Å². The number of benzene rings is 1. The summed E-state index contributed by atoms with van der Waals surface area (Å²) < 4.78 is 5.66. The number of aliphatic hydroxyl groups is 1. The van der Waals surface area contributed by atoms with Gasteiger partial charge in [0.25, 0.3) is 5.91 Å². The Morgan fingerprint density at radius 1 is 1.40 bits per heavy atom. The number of carbonyl (C=O) groups excluding carboxylic acids is 1. The van der Waals surface area contributed by atoms with Crippen LogP contribution in [0.4, 0.5) is 11.4 Å². The number of fused-ring (bicyclic) bond motifs is 1. The predicted molar refractivity (Wildman–Crippen MR) is 77.1 cm³/mol. The van der Waals surface area contributed by atoms with Gasteiger partial charge in [0.1, 0.15) is 0 Å². The molecular weight excluding hydrogens is 256 g/mol. The van der Waals surface area contributed by atoms with Gasteiger partial charge < -0.3 is 19.6 Å². The molecule has 0 bridgehead atoms. The SMILES string of the molecule is CC1CN(c2ccc3c(c2)N(C)C(=O)C3O)CCCO1. The Labute approximate surface area is 118 Å². The van der Waals surface area contributed by atoms with Crippen LogP contribution >= 0.6 is 0 Å². The summed E-state index contributed by atoms with van der Waals surface area (Å²) >= 11 is 0. The summed E-state index contributed by atoms with van der Waals surface area (Å²) in [5.41, 5.74) is 2.58. The lowest BCUT2D eigenvalue weighted by atomic mass is 10.1. The lowest BCUT2D eigenvalue weighted by molar-refractivity contribution is -0.125. The first-order valence-corrected chi connectivity index (χ1v) is 7.04. The van der Waals surface area contributed by atoms with Crippen LogP contribution in [-0.2, 0) is 9.53 Å². The molecule has 1 fully saturated rings. The predicted octanol–water partition coefficient (Wildman–Crippen LogP) is 1.31. The smallest absolute Gasteiger partial charge is 0.260 e. The molecule has 0 spiro atoms.